The van der Waals surface area contributed by atoms with Crippen LogP contribution in [0.25, 0.3) is 0 Å². The summed E-state index contributed by atoms with van der Waals surface area (Å²) in [7, 11) is 6.31. The van der Waals surface area contributed by atoms with E-state index in [9.17, 15) is 0 Å². The van der Waals surface area contributed by atoms with Crippen LogP contribution >= 0.6 is 12.2 Å². The molecule has 1 rings (SSSR count). The van der Waals surface area contributed by atoms with Crippen LogP contribution in [0.4, 0.5) is 0 Å². The van der Waals surface area contributed by atoms with Gasteiger partial charge in [-0.3, -0.25) is 0 Å². The minimum atomic E-state index is 0.399. The summed E-state index contributed by atoms with van der Waals surface area (Å²) in [5, 5.41) is 0. The molecular weight excluding hydrogens is 270 g/mol. The molecule has 0 heterocycles. The van der Waals surface area contributed by atoms with Crippen LogP contribution in [0, 0.1) is 0 Å². The maximum atomic E-state index is 5.73. The first-order valence-electron chi connectivity index (χ1n) is 6.85. The van der Waals surface area contributed by atoms with E-state index in [1.165, 1.54) is 6.42 Å². The molecule has 0 aliphatic carbocycles. The lowest BCUT2D eigenvalue weighted by atomic mass is 10.2. The highest BCUT2D eigenvalue weighted by molar-refractivity contribution is 7.80. The van der Waals surface area contributed by atoms with Gasteiger partial charge in [0.05, 0.1) is 0 Å². The van der Waals surface area contributed by atoms with Crippen molar-refractivity contribution in [2.24, 2.45) is 5.73 Å². The van der Waals surface area contributed by atoms with Crippen molar-refractivity contribution in [1.82, 2.24) is 9.80 Å². The van der Waals surface area contributed by atoms with Gasteiger partial charge in [0.15, 0.2) is 0 Å². The molecule has 5 heteroatoms. The largest absolute Gasteiger partial charge is 0.492 e. The van der Waals surface area contributed by atoms with E-state index in [2.05, 4.69) is 30.9 Å². The van der Waals surface area contributed by atoms with Crippen molar-refractivity contribution in [1.29, 1.82) is 0 Å². The van der Waals surface area contributed by atoms with E-state index >= 15 is 0 Å². The molecule has 2 N–H and O–H groups in total. The van der Waals surface area contributed by atoms with E-state index in [0.29, 0.717) is 11.6 Å². The molecule has 0 spiro atoms. The van der Waals surface area contributed by atoms with Gasteiger partial charge in [0.2, 0.25) is 0 Å². The Morgan fingerprint density at radius 2 is 1.95 bits per heavy atom. The van der Waals surface area contributed by atoms with Crippen LogP contribution in [-0.2, 0) is 0 Å². The summed E-state index contributed by atoms with van der Waals surface area (Å²) in [6.07, 6.45) is 1.17. The molecule has 20 heavy (non-hydrogen) atoms. The van der Waals surface area contributed by atoms with Gasteiger partial charge < -0.3 is 20.3 Å². The van der Waals surface area contributed by atoms with E-state index in [0.717, 1.165) is 30.9 Å². The Bertz CT molecular complexity index is 423. The van der Waals surface area contributed by atoms with E-state index in [-0.39, 0.29) is 0 Å². The van der Waals surface area contributed by atoms with Crippen molar-refractivity contribution in [2.75, 3.05) is 47.4 Å². The Kier molecular flexibility index (Phi) is 7.51. The van der Waals surface area contributed by atoms with Gasteiger partial charge in [-0.1, -0.05) is 24.4 Å². The normalized spacial score (nSPS) is 11.1. The molecule has 0 atom stereocenters. The number of likely N-dealkylation sites (N-methyl/N-ethyl adjacent to an activating group) is 1. The zero-order valence-corrected chi connectivity index (χ0v) is 13.4. The fourth-order valence-corrected chi connectivity index (χ4v) is 1.95. The molecular formula is C15H25N3OS. The summed E-state index contributed by atoms with van der Waals surface area (Å²) < 4.78 is 5.73. The quantitative estimate of drug-likeness (QED) is 0.701. The Morgan fingerprint density at radius 1 is 1.20 bits per heavy atom. The van der Waals surface area contributed by atoms with Crippen LogP contribution in [0.3, 0.4) is 0 Å². The second-order valence-electron chi connectivity index (χ2n) is 5.20. The molecule has 0 radical (unpaired) electrons. The van der Waals surface area contributed by atoms with Gasteiger partial charge in [-0.15, -0.1) is 0 Å². The molecule has 0 bridgehead atoms. The van der Waals surface area contributed by atoms with Crippen LogP contribution in [0.1, 0.15) is 12.0 Å². The third kappa shape index (κ3) is 6.84. The molecule has 0 aliphatic rings. The van der Waals surface area contributed by atoms with Crippen LogP contribution < -0.4 is 10.5 Å². The first kappa shape index (κ1) is 16.9. The van der Waals surface area contributed by atoms with Crippen molar-refractivity contribution < 1.29 is 4.74 Å². The molecule has 112 valence electrons. The van der Waals surface area contributed by atoms with Crippen LogP contribution in [0.5, 0.6) is 5.75 Å². The number of thiocarbonyl (C=S) groups is 1. The Hall–Kier alpha value is -1.17. The van der Waals surface area contributed by atoms with Gasteiger partial charge in [-0.05, 0) is 52.8 Å². The second kappa shape index (κ2) is 8.89. The number of ether oxygens (including phenoxy) is 1. The highest BCUT2D eigenvalue weighted by Crippen LogP contribution is 2.13. The van der Waals surface area contributed by atoms with Crippen LogP contribution in [0.2, 0.25) is 0 Å². The van der Waals surface area contributed by atoms with Gasteiger partial charge >= 0.3 is 0 Å². The lowest BCUT2D eigenvalue weighted by Gasteiger charge is -2.18. The number of hydrogen-bond acceptors (Lipinski definition) is 4. The fraction of sp³-hybridized carbons (Fsp3) is 0.533. The SMILES string of the molecule is CN(C)CCCN(C)CCOc1cccc(C(N)=S)c1. The Labute approximate surface area is 127 Å². The second-order valence-corrected chi connectivity index (χ2v) is 5.64. The van der Waals surface area contributed by atoms with Crippen molar-refractivity contribution in [3.05, 3.63) is 29.8 Å². The molecule has 0 fully saturated rings. The third-order valence-electron chi connectivity index (χ3n) is 3.01. The summed E-state index contributed by atoms with van der Waals surface area (Å²) in [5.41, 5.74) is 6.45. The van der Waals surface area contributed by atoms with Gasteiger partial charge in [0, 0.05) is 12.1 Å². The van der Waals surface area contributed by atoms with Crippen LogP contribution in [-0.4, -0.2) is 62.2 Å². The minimum Gasteiger partial charge on any atom is -0.492 e. The fourth-order valence-electron chi connectivity index (χ4n) is 1.83. The number of nitrogens with zero attached hydrogens (tertiary/aromatic N) is 2. The number of nitrogens with two attached hydrogens (primary N) is 1. The average molecular weight is 295 g/mol. The van der Waals surface area contributed by atoms with Gasteiger partial charge in [-0.25, -0.2) is 0 Å². The van der Waals surface area contributed by atoms with Crippen molar-refractivity contribution in [2.45, 2.75) is 6.42 Å². The number of hydrogen-bond donors (Lipinski definition) is 1. The standard InChI is InChI=1S/C15H25N3OS/c1-17(2)8-5-9-18(3)10-11-19-14-7-4-6-13(12-14)15(16)20/h4,6-7,12H,5,8-11H2,1-3H3,(H2,16,20). The summed E-state index contributed by atoms with van der Waals surface area (Å²) in [6.45, 7) is 3.76. The molecule has 4 nitrogen and oxygen atoms in total. The Morgan fingerprint density at radius 3 is 2.60 bits per heavy atom. The lowest BCUT2D eigenvalue weighted by molar-refractivity contribution is 0.229. The maximum absolute atomic E-state index is 5.73. The predicted octanol–water partition coefficient (Wildman–Crippen LogP) is 1.58. The molecule has 1 aromatic rings. The summed E-state index contributed by atoms with van der Waals surface area (Å²) >= 11 is 4.95. The van der Waals surface area contributed by atoms with E-state index in [1.54, 1.807) is 0 Å². The summed E-state index contributed by atoms with van der Waals surface area (Å²) in [5.74, 6) is 0.817. The molecule has 0 aliphatic heterocycles. The van der Waals surface area contributed by atoms with Gasteiger partial charge in [0.1, 0.15) is 17.3 Å². The van der Waals surface area contributed by atoms with Crippen LogP contribution in [0.15, 0.2) is 24.3 Å². The maximum Gasteiger partial charge on any atom is 0.120 e. The van der Waals surface area contributed by atoms with Gasteiger partial charge in [0.25, 0.3) is 0 Å². The van der Waals surface area contributed by atoms with E-state index in [1.807, 2.05) is 24.3 Å². The van der Waals surface area contributed by atoms with Crippen molar-refractivity contribution >= 4 is 17.2 Å². The van der Waals surface area contributed by atoms with Crippen molar-refractivity contribution in [3.63, 3.8) is 0 Å². The molecule has 1 aromatic carbocycles. The lowest BCUT2D eigenvalue weighted by Crippen LogP contribution is -2.27. The molecule has 0 saturated heterocycles. The van der Waals surface area contributed by atoms with E-state index in [4.69, 9.17) is 22.7 Å². The average Bonchev–Trinajstić information content (AvgIpc) is 2.38. The zero-order chi connectivity index (χ0) is 15.0. The molecule has 0 saturated carbocycles. The first-order valence-corrected chi connectivity index (χ1v) is 7.26. The molecule has 0 aromatic heterocycles. The van der Waals surface area contributed by atoms with Gasteiger partial charge in [-0.2, -0.15) is 0 Å². The number of benzene rings is 1. The smallest absolute Gasteiger partial charge is 0.120 e. The third-order valence-corrected chi connectivity index (χ3v) is 3.24. The molecule has 0 unspecified atom stereocenters. The predicted molar refractivity (Wildman–Crippen MR) is 88.5 cm³/mol. The first-order chi connectivity index (χ1) is 9.49. The minimum absolute atomic E-state index is 0.399. The van der Waals surface area contributed by atoms with Crippen molar-refractivity contribution in [3.8, 4) is 5.75 Å². The number of rotatable bonds is 9. The monoisotopic (exact) mass is 295 g/mol. The molecule has 0 amide bonds. The topological polar surface area (TPSA) is 41.7 Å². The zero-order valence-electron chi connectivity index (χ0n) is 12.6. The van der Waals surface area contributed by atoms with E-state index < -0.39 is 0 Å². The summed E-state index contributed by atoms with van der Waals surface area (Å²) in [4.78, 5) is 4.88. The highest BCUT2D eigenvalue weighted by atomic mass is 32.1. The highest BCUT2D eigenvalue weighted by Gasteiger charge is 2.02. The Balaban J connectivity index is 2.26. The summed E-state index contributed by atoms with van der Waals surface area (Å²) in [6, 6.07) is 7.61.